The number of anilines is 1. The molecule has 0 radical (unpaired) electrons. The van der Waals surface area contributed by atoms with Crippen molar-refractivity contribution in [2.75, 3.05) is 4.90 Å². The number of allylic oxidation sites excluding steroid dienone is 1. The van der Waals surface area contributed by atoms with Gasteiger partial charge in [0.2, 0.25) is 5.82 Å². The first kappa shape index (κ1) is 22.9. The molecule has 5 rings (SSSR count). The van der Waals surface area contributed by atoms with E-state index in [4.69, 9.17) is 16.7 Å². The van der Waals surface area contributed by atoms with Gasteiger partial charge in [-0.15, -0.1) is 0 Å². The number of nitrogens with one attached hydrogen (secondary N) is 1. The molecule has 0 amide bonds. The van der Waals surface area contributed by atoms with E-state index in [0.717, 1.165) is 34.5 Å². The van der Waals surface area contributed by atoms with Crippen LogP contribution < -0.4 is 10.2 Å². The lowest BCUT2D eigenvalue weighted by molar-refractivity contribution is 0.404. The van der Waals surface area contributed by atoms with Crippen molar-refractivity contribution < 1.29 is 8.91 Å². The third-order valence-corrected chi connectivity index (χ3v) is 6.54. The molecule has 7 heteroatoms. The molecule has 0 spiro atoms. The maximum Gasteiger partial charge on any atom is 0.258 e. The molecule has 0 bridgehead atoms. The second-order valence-electron chi connectivity index (χ2n) is 8.58. The Morgan fingerprint density at radius 2 is 1.77 bits per heavy atom. The minimum absolute atomic E-state index is 0.282. The van der Waals surface area contributed by atoms with Crippen LogP contribution in [0.5, 0.6) is 0 Å². The summed E-state index contributed by atoms with van der Waals surface area (Å²) in [5.74, 6) is 0.335. The molecule has 1 unspecified atom stereocenters. The van der Waals surface area contributed by atoms with Crippen LogP contribution >= 0.6 is 12.2 Å². The van der Waals surface area contributed by atoms with Crippen LogP contribution in [0.2, 0.25) is 0 Å². The summed E-state index contributed by atoms with van der Waals surface area (Å²) < 4.78 is 19.6. The fraction of sp³-hybridized carbons (Fsp3) is 0.179. The van der Waals surface area contributed by atoms with Crippen LogP contribution in [0.1, 0.15) is 42.5 Å². The molecule has 1 atom stereocenters. The Morgan fingerprint density at radius 3 is 2.46 bits per heavy atom. The van der Waals surface area contributed by atoms with Gasteiger partial charge in [-0.25, -0.2) is 4.39 Å². The first-order valence-corrected chi connectivity index (χ1v) is 11.9. The van der Waals surface area contributed by atoms with Crippen molar-refractivity contribution in [3.05, 3.63) is 107 Å². The zero-order chi connectivity index (χ0) is 24.5. The Bertz CT molecular complexity index is 1410. The second-order valence-corrected chi connectivity index (χ2v) is 8.97. The molecule has 0 aliphatic carbocycles. The Morgan fingerprint density at radius 1 is 1.03 bits per heavy atom. The summed E-state index contributed by atoms with van der Waals surface area (Å²) in [4.78, 5) is 6.64. The third kappa shape index (κ3) is 4.47. The summed E-state index contributed by atoms with van der Waals surface area (Å²) in [6.07, 6.45) is 0.959. The van der Waals surface area contributed by atoms with Crippen molar-refractivity contribution in [2.24, 2.45) is 0 Å². The van der Waals surface area contributed by atoms with E-state index in [1.54, 1.807) is 12.1 Å². The average Bonchev–Trinajstić information content (AvgIpc) is 3.35. The topological polar surface area (TPSA) is 54.2 Å². The van der Waals surface area contributed by atoms with Gasteiger partial charge in [-0.3, -0.25) is 4.90 Å². The van der Waals surface area contributed by atoms with Crippen molar-refractivity contribution in [1.29, 1.82) is 0 Å². The molecule has 1 aliphatic rings. The predicted molar refractivity (Wildman–Crippen MR) is 140 cm³/mol. The van der Waals surface area contributed by atoms with Crippen LogP contribution in [-0.2, 0) is 6.42 Å². The largest absolute Gasteiger partial charge is 0.351 e. The highest BCUT2D eigenvalue weighted by atomic mass is 32.1. The molecular formula is C28H25FN4OS. The number of rotatable bonds is 5. The highest BCUT2D eigenvalue weighted by Gasteiger charge is 2.34. The van der Waals surface area contributed by atoms with E-state index in [2.05, 4.69) is 58.8 Å². The van der Waals surface area contributed by atoms with Gasteiger partial charge in [0.05, 0.1) is 11.6 Å². The Labute approximate surface area is 209 Å². The predicted octanol–water partition coefficient (Wildman–Crippen LogP) is 6.61. The lowest BCUT2D eigenvalue weighted by Gasteiger charge is -2.37. The van der Waals surface area contributed by atoms with Gasteiger partial charge in [0.1, 0.15) is 5.82 Å². The second kappa shape index (κ2) is 9.43. The molecular weight excluding hydrogens is 459 g/mol. The summed E-state index contributed by atoms with van der Waals surface area (Å²) >= 11 is 5.82. The molecule has 1 N–H and O–H groups in total. The van der Waals surface area contributed by atoms with Gasteiger partial charge in [0.15, 0.2) is 5.11 Å². The van der Waals surface area contributed by atoms with E-state index in [1.165, 1.54) is 17.7 Å². The number of halogens is 1. The Kier molecular flexibility index (Phi) is 6.17. The summed E-state index contributed by atoms with van der Waals surface area (Å²) in [5, 5.41) is 8.22. The van der Waals surface area contributed by atoms with Crippen LogP contribution in [0.15, 0.2) is 83.0 Å². The van der Waals surface area contributed by atoms with Crippen molar-refractivity contribution in [2.45, 2.75) is 33.2 Å². The Hall–Kier alpha value is -3.84. The van der Waals surface area contributed by atoms with Crippen molar-refractivity contribution in [3.63, 3.8) is 0 Å². The smallest absolute Gasteiger partial charge is 0.258 e. The maximum atomic E-state index is 13.8. The lowest BCUT2D eigenvalue weighted by Crippen LogP contribution is -2.46. The quantitative estimate of drug-likeness (QED) is 0.322. The third-order valence-electron chi connectivity index (χ3n) is 6.24. The molecule has 1 aliphatic heterocycles. The van der Waals surface area contributed by atoms with Crippen molar-refractivity contribution in [3.8, 4) is 11.4 Å². The van der Waals surface area contributed by atoms with Gasteiger partial charge in [-0.05, 0) is 67.9 Å². The van der Waals surface area contributed by atoms with Crippen LogP contribution in [0, 0.1) is 12.7 Å². The number of hydrogen-bond acceptors (Lipinski definition) is 4. The SMILES string of the molecule is CCc1ccc(C2NC(=S)N(c3ccc(C)cc3)C(C)=C2c2nc(-c3cccc(F)c3)no2)cc1. The number of nitrogens with zero attached hydrogens (tertiary/aromatic N) is 3. The van der Waals surface area contributed by atoms with Gasteiger partial charge in [-0.2, -0.15) is 4.98 Å². The number of thiocarbonyl (C=S) groups is 1. The van der Waals surface area contributed by atoms with Gasteiger partial charge >= 0.3 is 0 Å². The van der Waals surface area contributed by atoms with Crippen LogP contribution in [0.4, 0.5) is 10.1 Å². The summed E-state index contributed by atoms with van der Waals surface area (Å²) in [7, 11) is 0. The van der Waals surface area contributed by atoms with Crippen LogP contribution in [-0.4, -0.2) is 15.3 Å². The standard InChI is InChI=1S/C28H25FN4OS/c1-4-19-10-12-20(13-11-19)25-24(27-31-26(32-34-27)21-6-5-7-22(29)16-21)18(3)33(28(35)30-25)23-14-8-17(2)9-15-23/h5-16,25H,4H2,1-3H3,(H,30,35). The van der Waals surface area contributed by atoms with Gasteiger partial charge in [0, 0.05) is 16.9 Å². The van der Waals surface area contributed by atoms with Crippen LogP contribution in [0.25, 0.3) is 17.0 Å². The number of hydrogen-bond donors (Lipinski definition) is 1. The molecule has 35 heavy (non-hydrogen) atoms. The molecule has 1 aromatic heterocycles. The summed E-state index contributed by atoms with van der Waals surface area (Å²) in [6, 6.07) is 22.5. The van der Waals surface area contributed by atoms with E-state index in [-0.39, 0.29) is 11.9 Å². The summed E-state index contributed by atoms with van der Waals surface area (Å²) in [6.45, 7) is 6.18. The molecule has 0 saturated heterocycles. The van der Waals surface area contributed by atoms with Crippen LogP contribution in [0.3, 0.4) is 0 Å². The molecule has 4 aromatic rings. The maximum absolute atomic E-state index is 13.8. The number of benzene rings is 3. The van der Waals surface area contributed by atoms with Gasteiger partial charge in [-0.1, -0.05) is 66.2 Å². The number of aromatic nitrogens is 2. The molecule has 0 saturated carbocycles. The van der Waals surface area contributed by atoms with E-state index in [9.17, 15) is 4.39 Å². The normalized spacial score (nSPS) is 15.9. The molecule has 0 fully saturated rings. The fourth-order valence-corrected chi connectivity index (χ4v) is 4.66. The first-order valence-electron chi connectivity index (χ1n) is 11.5. The minimum Gasteiger partial charge on any atom is -0.351 e. The highest BCUT2D eigenvalue weighted by Crippen LogP contribution is 2.39. The van der Waals surface area contributed by atoms with Crippen molar-refractivity contribution >= 4 is 28.6 Å². The Balaban J connectivity index is 1.64. The van der Waals surface area contributed by atoms with E-state index >= 15 is 0 Å². The molecule has 2 heterocycles. The van der Waals surface area contributed by atoms with E-state index in [1.807, 2.05) is 30.9 Å². The lowest BCUT2D eigenvalue weighted by atomic mass is 9.93. The monoisotopic (exact) mass is 484 g/mol. The molecule has 5 nitrogen and oxygen atoms in total. The van der Waals surface area contributed by atoms with E-state index in [0.29, 0.717) is 22.4 Å². The molecule has 176 valence electrons. The van der Waals surface area contributed by atoms with Gasteiger partial charge < -0.3 is 9.84 Å². The zero-order valence-corrected chi connectivity index (χ0v) is 20.6. The average molecular weight is 485 g/mol. The van der Waals surface area contributed by atoms with Gasteiger partial charge in [0.25, 0.3) is 5.89 Å². The fourth-order valence-electron chi connectivity index (χ4n) is 4.30. The van der Waals surface area contributed by atoms with Crippen molar-refractivity contribution in [1.82, 2.24) is 15.5 Å². The number of aryl methyl sites for hydroxylation is 2. The van der Waals surface area contributed by atoms with E-state index < -0.39 is 0 Å². The highest BCUT2D eigenvalue weighted by molar-refractivity contribution is 7.80. The molecule has 3 aromatic carbocycles. The zero-order valence-electron chi connectivity index (χ0n) is 19.7. The summed E-state index contributed by atoms with van der Waals surface area (Å²) in [5.41, 5.74) is 6.64. The minimum atomic E-state index is -0.353. The first-order chi connectivity index (χ1) is 16.9.